The number of nitrogens with zero attached hydrogens (tertiary/aromatic N) is 2. The van der Waals surface area contributed by atoms with Gasteiger partial charge in [-0.15, -0.1) is 0 Å². The van der Waals surface area contributed by atoms with Gasteiger partial charge in [-0.3, -0.25) is 0 Å². The van der Waals surface area contributed by atoms with Crippen LogP contribution < -0.4 is 5.32 Å². The smallest absolute Gasteiger partial charge is 0.108 e. The topological polar surface area (TPSA) is 39.1 Å². The Kier molecular flexibility index (Phi) is 4.18. The number of aryl methyl sites for hydroxylation is 1. The first-order valence-electron chi connectivity index (χ1n) is 7.78. The maximum atomic E-state index is 5.85. The van der Waals surface area contributed by atoms with Gasteiger partial charge in [0.15, 0.2) is 0 Å². The Bertz CT molecular complexity index is 421. The Morgan fingerprint density at radius 3 is 3.16 bits per heavy atom. The fraction of sp³-hybridized carbons (Fsp3) is 0.800. The third-order valence-corrected chi connectivity index (χ3v) is 4.33. The van der Waals surface area contributed by atoms with Crippen molar-refractivity contribution in [2.75, 3.05) is 13.2 Å². The van der Waals surface area contributed by atoms with Gasteiger partial charge >= 0.3 is 0 Å². The lowest BCUT2D eigenvalue weighted by molar-refractivity contribution is 0.00859. The molecule has 1 aromatic rings. The summed E-state index contributed by atoms with van der Waals surface area (Å²) in [5.74, 6) is 1.25. The molecule has 0 aliphatic carbocycles. The standard InChI is InChI=1S/C15H25N3O/c1-2-15-17-13-11-16-8-6-14(13)18(15)9-7-12-5-3-4-10-19-12/h12,16H,2-11H2,1H3. The van der Waals surface area contributed by atoms with Gasteiger partial charge in [0.2, 0.25) is 0 Å². The molecule has 1 N–H and O–H groups in total. The first-order chi connectivity index (χ1) is 9.38. The average molecular weight is 263 g/mol. The number of fused-ring (bicyclic) bond motifs is 1. The molecule has 4 nitrogen and oxygen atoms in total. The van der Waals surface area contributed by atoms with E-state index in [1.165, 1.54) is 36.5 Å². The third kappa shape index (κ3) is 2.84. The lowest BCUT2D eigenvalue weighted by atomic mass is 10.1. The molecule has 3 rings (SSSR count). The van der Waals surface area contributed by atoms with Crippen LogP contribution in [0.3, 0.4) is 0 Å². The summed E-state index contributed by atoms with van der Waals surface area (Å²) >= 11 is 0. The number of rotatable bonds is 4. The molecule has 0 aromatic carbocycles. The SMILES string of the molecule is CCc1nc2c(n1CCC1CCCCO1)CCNC2. The summed E-state index contributed by atoms with van der Waals surface area (Å²) in [5, 5.41) is 3.41. The highest BCUT2D eigenvalue weighted by atomic mass is 16.5. The molecule has 1 unspecified atom stereocenters. The van der Waals surface area contributed by atoms with E-state index in [1.54, 1.807) is 0 Å². The van der Waals surface area contributed by atoms with Crippen LogP contribution in [0.4, 0.5) is 0 Å². The Labute approximate surface area is 115 Å². The zero-order chi connectivity index (χ0) is 13.1. The van der Waals surface area contributed by atoms with Gasteiger partial charge in [0.25, 0.3) is 0 Å². The monoisotopic (exact) mass is 263 g/mol. The molecular weight excluding hydrogens is 238 g/mol. The van der Waals surface area contributed by atoms with Crippen molar-refractivity contribution in [3.8, 4) is 0 Å². The van der Waals surface area contributed by atoms with Gasteiger partial charge in [0.1, 0.15) is 5.82 Å². The minimum Gasteiger partial charge on any atom is -0.378 e. The normalized spacial score (nSPS) is 23.3. The van der Waals surface area contributed by atoms with Gasteiger partial charge in [-0.25, -0.2) is 4.98 Å². The molecule has 2 aliphatic heterocycles. The lowest BCUT2D eigenvalue weighted by Gasteiger charge is -2.24. The van der Waals surface area contributed by atoms with Gasteiger partial charge in [-0.1, -0.05) is 6.92 Å². The second-order valence-electron chi connectivity index (χ2n) is 5.63. The van der Waals surface area contributed by atoms with E-state index in [0.717, 1.165) is 45.5 Å². The van der Waals surface area contributed by atoms with E-state index in [1.807, 2.05) is 0 Å². The number of ether oxygens (including phenoxy) is 1. The van der Waals surface area contributed by atoms with Crippen molar-refractivity contribution < 1.29 is 4.74 Å². The van der Waals surface area contributed by atoms with Gasteiger partial charge in [0.05, 0.1) is 11.8 Å². The van der Waals surface area contributed by atoms with Gasteiger partial charge in [-0.05, 0) is 25.7 Å². The molecule has 1 aromatic heterocycles. The van der Waals surface area contributed by atoms with Crippen LogP contribution in [0.2, 0.25) is 0 Å². The van der Waals surface area contributed by atoms with E-state index >= 15 is 0 Å². The molecule has 0 saturated carbocycles. The molecule has 1 fully saturated rings. The van der Waals surface area contributed by atoms with Crippen molar-refractivity contribution in [2.24, 2.45) is 0 Å². The Morgan fingerprint density at radius 1 is 1.42 bits per heavy atom. The molecule has 0 spiro atoms. The van der Waals surface area contributed by atoms with Crippen LogP contribution in [0, 0.1) is 0 Å². The Hall–Kier alpha value is -0.870. The molecule has 0 radical (unpaired) electrons. The van der Waals surface area contributed by atoms with Crippen LogP contribution in [0.15, 0.2) is 0 Å². The van der Waals surface area contributed by atoms with E-state index in [0.29, 0.717) is 6.10 Å². The highest BCUT2D eigenvalue weighted by Crippen LogP contribution is 2.20. The molecular formula is C15H25N3O. The van der Waals surface area contributed by atoms with Gasteiger partial charge < -0.3 is 14.6 Å². The molecule has 106 valence electrons. The highest BCUT2D eigenvalue weighted by Gasteiger charge is 2.20. The highest BCUT2D eigenvalue weighted by molar-refractivity contribution is 5.20. The van der Waals surface area contributed by atoms with Crippen molar-refractivity contribution in [1.82, 2.24) is 14.9 Å². The molecule has 0 bridgehead atoms. The average Bonchev–Trinajstić information content (AvgIpc) is 2.84. The summed E-state index contributed by atoms with van der Waals surface area (Å²) in [6.45, 7) is 6.26. The quantitative estimate of drug-likeness (QED) is 0.903. The molecule has 19 heavy (non-hydrogen) atoms. The van der Waals surface area contributed by atoms with Crippen LogP contribution in [-0.2, 0) is 30.7 Å². The van der Waals surface area contributed by atoms with E-state index < -0.39 is 0 Å². The maximum Gasteiger partial charge on any atom is 0.108 e. The summed E-state index contributed by atoms with van der Waals surface area (Å²) in [7, 11) is 0. The number of hydrogen-bond donors (Lipinski definition) is 1. The van der Waals surface area contributed by atoms with E-state index in [9.17, 15) is 0 Å². The van der Waals surface area contributed by atoms with Crippen molar-refractivity contribution in [2.45, 2.75) is 64.6 Å². The second-order valence-corrected chi connectivity index (χ2v) is 5.63. The van der Waals surface area contributed by atoms with E-state index in [-0.39, 0.29) is 0 Å². The van der Waals surface area contributed by atoms with Crippen molar-refractivity contribution in [3.05, 3.63) is 17.2 Å². The number of nitrogens with one attached hydrogen (secondary N) is 1. The Balaban J connectivity index is 1.70. The van der Waals surface area contributed by atoms with Crippen LogP contribution in [0.1, 0.15) is 49.8 Å². The minimum absolute atomic E-state index is 0.471. The summed E-state index contributed by atoms with van der Waals surface area (Å²) in [4.78, 5) is 4.79. The third-order valence-electron chi connectivity index (χ3n) is 4.33. The second kappa shape index (κ2) is 6.06. The summed E-state index contributed by atoms with van der Waals surface area (Å²) in [6, 6.07) is 0. The van der Waals surface area contributed by atoms with Crippen molar-refractivity contribution in [1.29, 1.82) is 0 Å². The maximum absolute atomic E-state index is 5.85. The fourth-order valence-corrected chi connectivity index (χ4v) is 3.27. The van der Waals surface area contributed by atoms with Crippen LogP contribution in [0.25, 0.3) is 0 Å². The molecule has 4 heteroatoms. The zero-order valence-electron chi connectivity index (χ0n) is 12.0. The Morgan fingerprint density at radius 2 is 2.37 bits per heavy atom. The van der Waals surface area contributed by atoms with Crippen LogP contribution >= 0.6 is 0 Å². The fourth-order valence-electron chi connectivity index (χ4n) is 3.27. The van der Waals surface area contributed by atoms with E-state index in [2.05, 4.69) is 16.8 Å². The molecule has 3 heterocycles. The zero-order valence-corrected chi connectivity index (χ0v) is 12.0. The number of aromatic nitrogens is 2. The number of hydrogen-bond acceptors (Lipinski definition) is 3. The minimum atomic E-state index is 0.471. The molecule has 2 aliphatic rings. The first-order valence-corrected chi connectivity index (χ1v) is 7.78. The van der Waals surface area contributed by atoms with E-state index in [4.69, 9.17) is 9.72 Å². The first kappa shape index (κ1) is 13.1. The summed E-state index contributed by atoms with van der Waals surface area (Å²) < 4.78 is 8.31. The predicted molar refractivity (Wildman–Crippen MR) is 75.2 cm³/mol. The summed E-state index contributed by atoms with van der Waals surface area (Å²) in [6.07, 6.45) is 7.56. The molecule has 1 saturated heterocycles. The predicted octanol–water partition coefficient (Wildman–Crippen LogP) is 2.05. The summed E-state index contributed by atoms with van der Waals surface area (Å²) in [5.41, 5.74) is 2.74. The molecule has 0 amide bonds. The van der Waals surface area contributed by atoms with Gasteiger partial charge in [-0.2, -0.15) is 0 Å². The van der Waals surface area contributed by atoms with Crippen molar-refractivity contribution in [3.63, 3.8) is 0 Å². The van der Waals surface area contributed by atoms with Crippen molar-refractivity contribution >= 4 is 0 Å². The number of imidazole rings is 1. The van der Waals surface area contributed by atoms with Gasteiger partial charge in [0, 0.05) is 44.8 Å². The largest absolute Gasteiger partial charge is 0.378 e. The lowest BCUT2D eigenvalue weighted by Crippen LogP contribution is -2.26. The molecule has 1 atom stereocenters. The van der Waals surface area contributed by atoms with Crippen LogP contribution in [0.5, 0.6) is 0 Å². The van der Waals surface area contributed by atoms with Crippen LogP contribution in [-0.4, -0.2) is 28.8 Å².